The quantitative estimate of drug-likeness (QED) is 0.382. The van der Waals surface area contributed by atoms with Gasteiger partial charge in [0.15, 0.2) is 0 Å². The lowest BCUT2D eigenvalue weighted by Gasteiger charge is -2.34. The number of allylic oxidation sites excluding steroid dienone is 1. The highest BCUT2D eigenvalue weighted by Gasteiger charge is 2.30. The summed E-state index contributed by atoms with van der Waals surface area (Å²) in [6, 6.07) is 11.8. The number of nitrogens with one attached hydrogen (secondary N) is 1. The summed E-state index contributed by atoms with van der Waals surface area (Å²) in [5, 5.41) is 32.0. The van der Waals surface area contributed by atoms with Gasteiger partial charge >= 0.3 is 7.12 Å². The van der Waals surface area contributed by atoms with E-state index in [2.05, 4.69) is 5.32 Å². The average molecular weight is 369 g/mol. The zero-order valence-corrected chi connectivity index (χ0v) is 16.0. The molecule has 1 unspecified atom stereocenters. The highest BCUT2D eigenvalue weighted by molar-refractivity contribution is 6.43. The highest BCUT2D eigenvalue weighted by atomic mass is 16.4. The topological polar surface area (TPSA) is 96.6 Å². The van der Waals surface area contributed by atoms with Gasteiger partial charge in [-0.05, 0) is 30.7 Å². The maximum absolute atomic E-state index is 12.5. The number of likely N-dealkylation sites (tertiary alicyclic amines) is 1. The number of rotatable bonds is 7. The third-order valence-corrected chi connectivity index (χ3v) is 4.74. The summed E-state index contributed by atoms with van der Waals surface area (Å²) in [7, 11) is -1.45. The number of benzene rings is 1. The summed E-state index contributed by atoms with van der Waals surface area (Å²) >= 11 is 0. The van der Waals surface area contributed by atoms with Crippen LogP contribution < -0.4 is 5.32 Å². The van der Waals surface area contributed by atoms with Gasteiger partial charge in [0.2, 0.25) is 0 Å². The fourth-order valence-corrected chi connectivity index (χ4v) is 3.33. The van der Waals surface area contributed by atoms with Crippen molar-refractivity contribution in [2.45, 2.75) is 45.1 Å². The summed E-state index contributed by atoms with van der Waals surface area (Å²) in [5.74, 6) is -0.532. The number of hydrogen-bond donors (Lipinski definition) is 3. The molecule has 1 atom stereocenters. The molecule has 0 aliphatic carbocycles. The van der Waals surface area contributed by atoms with Crippen LogP contribution in [0.1, 0.15) is 32.3 Å². The summed E-state index contributed by atoms with van der Waals surface area (Å²) in [4.78, 5) is 14.2. The molecule has 0 aromatic heterocycles. The van der Waals surface area contributed by atoms with Crippen molar-refractivity contribution < 1.29 is 14.8 Å². The number of nitrogens with zero attached hydrogens (tertiary/aromatic N) is 2. The fourth-order valence-electron chi connectivity index (χ4n) is 3.33. The van der Waals surface area contributed by atoms with E-state index in [0.29, 0.717) is 32.4 Å². The number of carbonyl (C=O) groups is 1. The van der Waals surface area contributed by atoms with E-state index in [1.807, 2.05) is 50.2 Å². The van der Waals surface area contributed by atoms with Crippen LogP contribution in [0, 0.1) is 17.2 Å². The molecule has 144 valence electrons. The molecule has 2 rings (SSSR count). The summed E-state index contributed by atoms with van der Waals surface area (Å²) in [6.45, 7) is 4.97. The van der Waals surface area contributed by atoms with Crippen LogP contribution in [-0.4, -0.2) is 53.0 Å². The molecule has 1 aromatic carbocycles. The molecule has 1 aliphatic heterocycles. The van der Waals surface area contributed by atoms with E-state index in [4.69, 9.17) is 0 Å². The lowest BCUT2D eigenvalue weighted by atomic mass is 9.75. The Kier molecular flexibility index (Phi) is 8.05. The van der Waals surface area contributed by atoms with Crippen molar-refractivity contribution in [2.75, 3.05) is 13.1 Å². The third-order valence-electron chi connectivity index (χ3n) is 4.74. The summed E-state index contributed by atoms with van der Waals surface area (Å²) in [6.07, 6.45) is 3.65. The largest absolute Gasteiger partial charge is 0.469 e. The van der Waals surface area contributed by atoms with Crippen molar-refractivity contribution in [3.8, 4) is 6.07 Å². The molecule has 1 aromatic rings. The molecule has 1 heterocycles. The standard InChI is InChI=1S/C20H28BN3O3/c1-15(2)12-17(14-22)20(25)24-10-8-18(9-11-24)23-19(21(26)27)13-16-6-4-3-5-7-16/h3-7,12,15,18-19,23,26-27H,8-11,13H2,1-2H3. The minimum atomic E-state index is -1.45. The Labute approximate surface area is 161 Å². The lowest BCUT2D eigenvalue weighted by molar-refractivity contribution is -0.127. The van der Waals surface area contributed by atoms with E-state index < -0.39 is 13.1 Å². The van der Waals surface area contributed by atoms with Crippen LogP contribution in [0.2, 0.25) is 0 Å². The van der Waals surface area contributed by atoms with E-state index in [1.54, 1.807) is 11.0 Å². The van der Waals surface area contributed by atoms with Crippen molar-refractivity contribution in [1.29, 1.82) is 5.26 Å². The number of hydrogen-bond acceptors (Lipinski definition) is 5. The van der Waals surface area contributed by atoms with Gasteiger partial charge in [-0.1, -0.05) is 50.3 Å². The minimum absolute atomic E-state index is 0.101. The predicted molar refractivity (Wildman–Crippen MR) is 105 cm³/mol. The van der Waals surface area contributed by atoms with Gasteiger partial charge in [-0.15, -0.1) is 0 Å². The third kappa shape index (κ3) is 6.51. The van der Waals surface area contributed by atoms with Crippen LogP contribution in [0.3, 0.4) is 0 Å². The highest BCUT2D eigenvalue weighted by Crippen LogP contribution is 2.16. The van der Waals surface area contributed by atoms with Crippen LogP contribution in [-0.2, 0) is 11.2 Å². The van der Waals surface area contributed by atoms with Crippen molar-refractivity contribution in [3.63, 3.8) is 0 Å². The zero-order chi connectivity index (χ0) is 19.8. The molecular formula is C20H28BN3O3. The molecule has 1 amide bonds. The smallest absolute Gasteiger partial charge is 0.426 e. The van der Waals surface area contributed by atoms with Gasteiger partial charge in [-0.25, -0.2) is 0 Å². The Balaban J connectivity index is 1.90. The Hall–Kier alpha value is -2.14. The molecular weight excluding hydrogens is 341 g/mol. The average Bonchev–Trinajstić information content (AvgIpc) is 2.66. The molecule has 0 saturated carbocycles. The maximum atomic E-state index is 12.5. The first kappa shape index (κ1) is 21.2. The second-order valence-electron chi connectivity index (χ2n) is 7.38. The summed E-state index contributed by atoms with van der Waals surface area (Å²) in [5.41, 5.74) is 1.23. The first-order valence-electron chi connectivity index (χ1n) is 9.48. The number of nitriles is 1. The van der Waals surface area contributed by atoms with Crippen LogP contribution in [0.5, 0.6) is 0 Å². The Morgan fingerprint density at radius 2 is 1.96 bits per heavy atom. The van der Waals surface area contributed by atoms with Crippen LogP contribution >= 0.6 is 0 Å². The van der Waals surface area contributed by atoms with Gasteiger partial charge in [0.1, 0.15) is 11.6 Å². The normalized spacial score (nSPS) is 16.9. The van der Waals surface area contributed by atoms with E-state index in [0.717, 1.165) is 5.56 Å². The Morgan fingerprint density at radius 3 is 2.48 bits per heavy atom. The molecule has 3 N–H and O–H groups in total. The van der Waals surface area contributed by atoms with Gasteiger partial charge in [-0.2, -0.15) is 5.26 Å². The lowest BCUT2D eigenvalue weighted by Crippen LogP contribution is -2.53. The molecule has 0 spiro atoms. The molecule has 1 fully saturated rings. The van der Waals surface area contributed by atoms with Crippen molar-refractivity contribution in [1.82, 2.24) is 10.2 Å². The van der Waals surface area contributed by atoms with E-state index in [-0.39, 0.29) is 23.4 Å². The first-order valence-corrected chi connectivity index (χ1v) is 9.48. The van der Waals surface area contributed by atoms with Crippen LogP contribution in [0.15, 0.2) is 42.0 Å². The van der Waals surface area contributed by atoms with Crippen molar-refractivity contribution >= 4 is 13.0 Å². The summed E-state index contributed by atoms with van der Waals surface area (Å²) < 4.78 is 0. The van der Waals surface area contributed by atoms with Crippen molar-refractivity contribution in [2.24, 2.45) is 5.92 Å². The number of amides is 1. The molecule has 0 radical (unpaired) electrons. The minimum Gasteiger partial charge on any atom is -0.426 e. The van der Waals surface area contributed by atoms with E-state index >= 15 is 0 Å². The molecule has 7 heteroatoms. The fraction of sp³-hybridized carbons (Fsp3) is 0.500. The maximum Gasteiger partial charge on any atom is 0.469 e. The van der Waals surface area contributed by atoms with E-state index in [9.17, 15) is 20.1 Å². The second kappa shape index (κ2) is 10.3. The molecule has 6 nitrogen and oxygen atoms in total. The zero-order valence-electron chi connectivity index (χ0n) is 16.0. The Morgan fingerprint density at radius 1 is 1.33 bits per heavy atom. The van der Waals surface area contributed by atoms with Gasteiger partial charge < -0.3 is 20.3 Å². The number of carbonyl (C=O) groups excluding carboxylic acids is 1. The molecule has 1 aliphatic rings. The van der Waals surface area contributed by atoms with Crippen LogP contribution in [0.4, 0.5) is 0 Å². The molecule has 0 bridgehead atoms. The first-order chi connectivity index (χ1) is 12.9. The van der Waals surface area contributed by atoms with Gasteiger partial charge in [0.05, 0.1) is 0 Å². The van der Waals surface area contributed by atoms with Gasteiger partial charge in [-0.3, -0.25) is 4.79 Å². The van der Waals surface area contributed by atoms with E-state index in [1.165, 1.54) is 0 Å². The Bertz CT molecular complexity index is 677. The molecule has 27 heavy (non-hydrogen) atoms. The van der Waals surface area contributed by atoms with Gasteiger partial charge in [0, 0.05) is 25.1 Å². The SMILES string of the molecule is CC(C)C=C(C#N)C(=O)N1CCC(NC(Cc2ccccc2)B(O)O)CC1. The monoisotopic (exact) mass is 369 g/mol. The number of piperidine rings is 1. The van der Waals surface area contributed by atoms with Gasteiger partial charge in [0.25, 0.3) is 5.91 Å². The second-order valence-corrected chi connectivity index (χ2v) is 7.38. The molecule has 1 saturated heterocycles. The van der Waals surface area contributed by atoms with Crippen LogP contribution in [0.25, 0.3) is 0 Å². The van der Waals surface area contributed by atoms with Crippen molar-refractivity contribution in [3.05, 3.63) is 47.5 Å². The predicted octanol–water partition coefficient (Wildman–Crippen LogP) is 1.30.